The van der Waals surface area contributed by atoms with E-state index in [1.807, 2.05) is 57.4 Å². The summed E-state index contributed by atoms with van der Waals surface area (Å²) in [7, 11) is 3.50. The Morgan fingerprint density at radius 2 is 1.85 bits per heavy atom. The van der Waals surface area contributed by atoms with Crippen LogP contribution < -0.4 is 15.0 Å². The molecule has 1 aliphatic rings. The van der Waals surface area contributed by atoms with Gasteiger partial charge in [-0.3, -0.25) is 9.48 Å². The van der Waals surface area contributed by atoms with Crippen LogP contribution in [0.2, 0.25) is 0 Å². The smallest absolute Gasteiger partial charge is 0.255 e. The van der Waals surface area contributed by atoms with Gasteiger partial charge in [-0.05, 0) is 51.2 Å². The zero-order chi connectivity index (χ0) is 23.4. The molecule has 8 nitrogen and oxygen atoms in total. The third kappa shape index (κ3) is 5.50. The summed E-state index contributed by atoms with van der Waals surface area (Å²) in [5.41, 5.74) is 4.44. The number of nitrogens with one attached hydrogen (secondary N) is 1. The van der Waals surface area contributed by atoms with Crippen LogP contribution in [0.25, 0.3) is 0 Å². The summed E-state index contributed by atoms with van der Waals surface area (Å²) in [5, 5.41) is 7.63. The number of ether oxygens (including phenoxy) is 1. The third-order valence-corrected chi connectivity index (χ3v) is 6.13. The fraction of sp³-hybridized carbons (Fsp3) is 0.440. The Labute approximate surface area is 195 Å². The lowest BCUT2D eigenvalue weighted by atomic mass is 9.91. The van der Waals surface area contributed by atoms with Gasteiger partial charge in [-0.2, -0.15) is 5.10 Å². The van der Waals surface area contributed by atoms with E-state index in [1.165, 1.54) is 0 Å². The second-order valence-corrected chi connectivity index (χ2v) is 8.74. The minimum absolute atomic E-state index is 0.106. The van der Waals surface area contributed by atoms with Crippen LogP contribution >= 0.6 is 0 Å². The molecule has 0 radical (unpaired) electrons. The first-order valence-corrected chi connectivity index (χ1v) is 11.4. The van der Waals surface area contributed by atoms with Crippen LogP contribution in [0.1, 0.15) is 45.8 Å². The van der Waals surface area contributed by atoms with Crippen molar-refractivity contribution < 1.29 is 9.53 Å². The van der Waals surface area contributed by atoms with Gasteiger partial charge >= 0.3 is 0 Å². The summed E-state index contributed by atoms with van der Waals surface area (Å²) in [6.45, 7) is 6.25. The summed E-state index contributed by atoms with van der Waals surface area (Å²) in [5.74, 6) is 1.96. The van der Waals surface area contributed by atoms with Crippen LogP contribution in [0.15, 0.2) is 36.5 Å². The number of hydrogen-bond acceptors (Lipinski definition) is 6. The molecule has 0 spiro atoms. The average molecular weight is 449 g/mol. The number of amides is 1. The number of methoxy groups -OCH3 is 1. The number of benzene rings is 1. The van der Waals surface area contributed by atoms with E-state index in [-0.39, 0.29) is 5.91 Å². The molecule has 33 heavy (non-hydrogen) atoms. The van der Waals surface area contributed by atoms with Gasteiger partial charge in [0.25, 0.3) is 5.91 Å². The third-order valence-electron chi connectivity index (χ3n) is 6.13. The van der Waals surface area contributed by atoms with Crippen molar-refractivity contribution in [1.82, 2.24) is 25.1 Å². The van der Waals surface area contributed by atoms with Crippen molar-refractivity contribution in [2.75, 3.05) is 25.1 Å². The Kier molecular flexibility index (Phi) is 6.91. The lowest BCUT2D eigenvalue weighted by molar-refractivity contribution is 0.0949. The quantitative estimate of drug-likeness (QED) is 0.597. The molecule has 1 amide bonds. The molecule has 1 aromatic carbocycles. The molecule has 4 rings (SSSR count). The highest BCUT2D eigenvalue weighted by Crippen LogP contribution is 2.25. The molecule has 3 heterocycles. The fourth-order valence-corrected chi connectivity index (χ4v) is 4.45. The van der Waals surface area contributed by atoms with E-state index in [2.05, 4.69) is 25.3 Å². The number of hydrogen-bond donors (Lipinski definition) is 1. The van der Waals surface area contributed by atoms with Crippen LogP contribution in [-0.4, -0.2) is 45.9 Å². The summed E-state index contributed by atoms with van der Waals surface area (Å²) in [6.07, 6.45) is 4.65. The van der Waals surface area contributed by atoms with Crippen molar-refractivity contribution in [3.8, 4) is 5.75 Å². The predicted molar refractivity (Wildman–Crippen MR) is 128 cm³/mol. The van der Waals surface area contributed by atoms with Gasteiger partial charge in [0.2, 0.25) is 5.95 Å². The number of nitrogens with zero attached hydrogens (tertiary/aromatic N) is 5. The van der Waals surface area contributed by atoms with Crippen molar-refractivity contribution in [3.63, 3.8) is 0 Å². The lowest BCUT2D eigenvalue weighted by Gasteiger charge is -2.32. The number of carbonyl (C=O) groups excluding carboxylic acids is 1. The normalized spacial score (nSPS) is 14.4. The number of rotatable bonds is 7. The molecule has 2 aromatic heterocycles. The van der Waals surface area contributed by atoms with Gasteiger partial charge in [-0.25, -0.2) is 9.97 Å². The van der Waals surface area contributed by atoms with Crippen molar-refractivity contribution in [2.45, 2.75) is 39.7 Å². The van der Waals surface area contributed by atoms with Crippen molar-refractivity contribution in [3.05, 3.63) is 64.7 Å². The topological polar surface area (TPSA) is 85.2 Å². The zero-order valence-corrected chi connectivity index (χ0v) is 19.8. The average Bonchev–Trinajstić information content (AvgIpc) is 3.17. The molecule has 174 valence electrons. The summed E-state index contributed by atoms with van der Waals surface area (Å²) >= 11 is 0. The molecule has 1 saturated heterocycles. The Morgan fingerprint density at radius 3 is 2.55 bits per heavy atom. The standard InChI is InChI=1S/C25H32N6O2/c1-17-13-18(2)28-25(27-17)31-11-9-19(10-12-31)14-22-21(16-30(3)29-22)24(32)26-15-20-7-5-6-8-23(20)33-4/h5-8,13,16,19H,9-12,14-15H2,1-4H3,(H,26,32). The van der Waals surface area contributed by atoms with E-state index in [0.29, 0.717) is 18.0 Å². The van der Waals surface area contributed by atoms with Crippen molar-refractivity contribution >= 4 is 11.9 Å². The van der Waals surface area contributed by atoms with Gasteiger partial charge in [-0.15, -0.1) is 0 Å². The maximum Gasteiger partial charge on any atom is 0.255 e. The highest BCUT2D eigenvalue weighted by molar-refractivity contribution is 5.95. The fourth-order valence-electron chi connectivity index (χ4n) is 4.45. The molecule has 1 fully saturated rings. The van der Waals surface area contributed by atoms with Crippen LogP contribution in [-0.2, 0) is 20.0 Å². The summed E-state index contributed by atoms with van der Waals surface area (Å²) in [6, 6.07) is 9.70. The molecule has 0 aliphatic carbocycles. The van der Waals surface area contributed by atoms with Gasteiger partial charge in [0.05, 0.1) is 18.4 Å². The molecule has 0 unspecified atom stereocenters. The first-order valence-electron chi connectivity index (χ1n) is 11.4. The van der Waals surface area contributed by atoms with Gasteiger partial charge in [0.15, 0.2) is 0 Å². The molecular formula is C25H32N6O2. The predicted octanol–water partition coefficient (Wildman–Crippen LogP) is 3.22. The minimum Gasteiger partial charge on any atom is -0.496 e. The van der Waals surface area contributed by atoms with Crippen LogP contribution in [0.4, 0.5) is 5.95 Å². The number of para-hydroxylation sites is 1. The van der Waals surface area contributed by atoms with Crippen molar-refractivity contribution in [2.24, 2.45) is 13.0 Å². The van der Waals surface area contributed by atoms with Gasteiger partial charge in [-0.1, -0.05) is 18.2 Å². The largest absolute Gasteiger partial charge is 0.496 e. The highest BCUT2D eigenvalue weighted by Gasteiger charge is 2.25. The van der Waals surface area contributed by atoms with E-state index in [1.54, 1.807) is 11.8 Å². The van der Waals surface area contributed by atoms with Gasteiger partial charge < -0.3 is 15.0 Å². The van der Waals surface area contributed by atoms with E-state index in [0.717, 1.165) is 66.7 Å². The Morgan fingerprint density at radius 1 is 1.15 bits per heavy atom. The van der Waals surface area contributed by atoms with Gasteiger partial charge in [0.1, 0.15) is 5.75 Å². The van der Waals surface area contributed by atoms with Gasteiger partial charge in [0, 0.05) is 49.8 Å². The molecule has 1 N–H and O–H groups in total. The first-order chi connectivity index (χ1) is 15.9. The van der Waals surface area contributed by atoms with Crippen LogP contribution in [0, 0.1) is 19.8 Å². The number of anilines is 1. The molecular weight excluding hydrogens is 416 g/mol. The summed E-state index contributed by atoms with van der Waals surface area (Å²) in [4.78, 5) is 24.4. The monoisotopic (exact) mass is 448 g/mol. The highest BCUT2D eigenvalue weighted by atomic mass is 16.5. The first kappa shape index (κ1) is 22.8. The van der Waals surface area contributed by atoms with E-state index in [4.69, 9.17) is 4.74 Å². The Bertz CT molecular complexity index is 1100. The molecule has 0 bridgehead atoms. The molecule has 0 atom stereocenters. The molecule has 0 saturated carbocycles. The van der Waals surface area contributed by atoms with E-state index >= 15 is 0 Å². The van der Waals surface area contributed by atoms with Crippen LogP contribution in [0.3, 0.4) is 0 Å². The second-order valence-electron chi connectivity index (χ2n) is 8.74. The molecule has 3 aromatic rings. The zero-order valence-electron chi connectivity index (χ0n) is 19.8. The molecule has 1 aliphatic heterocycles. The SMILES string of the molecule is COc1ccccc1CNC(=O)c1cn(C)nc1CC1CCN(c2nc(C)cc(C)n2)CC1. The Hall–Kier alpha value is -3.42. The number of carbonyl (C=O) groups is 1. The van der Waals surface area contributed by atoms with E-state index < -0.39 is 0 Å². The Balaban J connectivity index is 1.37. The van der Waals surface area contributed by atoms with Crippen molar-refractivity contribution in [1.29, 1.82) is 0 Å². The maximum atomic E-state index is 13.0. The maximum absolute atomic E-state index is 13.0. The number of piperidine rings is 1. The second kappa shape index (κ2) is 10.0. The van der Waals surface area contributed by atoms with Crippen LogP contribution in [0.5, 0.6) is 5.75 Å². The number of aromatic nitrogens is 4. The lowest BCUT2D eigenvalue weighted by Crippen LogP contribution is -2.36. The van der Waals surface area contributed by atoms with E-state index in [9.17, 15) is 4.79 Å². The number of aryl methyl sites for hydroxylation is 3. The minimum atomic E-state index is -0.106. The molecule has 8 heteroatoms. The summed E-state index contributed by atoms with van der Waals surface area (Å²) < 4.78 is 7.11.